The summed E-state index contributed by atoms with van der Waals surface area (Å²) in [6, 6.07) is 0. The first kappa shape index (κ1) is 15.0. The van der Waals surface area contributed by atoms with E-state index in [9.17, 15) is 4.79 Å². The molecule has 2 aliphatic rings. The van der Waals surface area contributed by atoms with E-state index in [2.05, 4.69) is 6.92 Å². The fourth-order valence-electron chi connectivity index (χ4n) is 3.64. The van der Waals surface area contributed by atoms with E-state index >= 15 is 0 Å². The summed E-state index contributed by atoms with van der Waals surface area (Å²) in [5, 5.41) is 0. The van der Waals surface area contributed by atoms with Crippen LogP contribution in [0, 0.1) is 11.8 Å². The Hall–Kier alpha value is -0.410. The van der Waals surface area contributed by atoms with Gasteiger partial charge in [-0.25, -0.2) is 0 Å². The molecule has 0 bridgehead atoms. The normalized spacial score (nSPS) is 31.1. The molecule has 3 heteroatoms. The van der Waals surface area contributed by atoms with E-state index in [1.165, 1.54) is 19.3 Å². The minimum atomic E-state index is -0.531. The average molecular weight is 268 g/mol. The number of ketones is 1. The lowest BCUT2D eigenvalue weighted by atomic mass is 9.73. The summed E-state index contributed by atoms with van der Waals surface area (Å²) in [6.45, 7) is 6.19. The van der Waals surface area contributed by atoms with Crippen LogP contribution >= 0.6 is 0 Å². The number of hydrogen-bond donors (Lipinski definition) is 0. The van der Waals surface area contributed by atoms with Crippen LogP contribution in [0.3, 0.4) is 0 Å². The molecule has 110 valence electrons. The quantitative estimate of drug-likeness (QED) is 0.767. The van der Waals surface area contributed by atoms with Crippen molar-refractivity contribution in [2.24, 2.45) is 11.8 Å². The Morgan fingerprint density at radius 3 is 2.32 bits per heavy atom. The summed E-state index contributed by atoms with van der Waals surface area (Å²) in [6.07, 6.45) is 7.30. The summed E-state index contributed by atoms with van der Waals surface area (Å²) in [5.41, 5.74) is -0.531. The van der Waals surface area contributed by atoms with Gasteiger partial charge in [-0.15, -0.1) is 0 Å². The van der Waals surface area contributed by atoms with Gasteiger partial charge in [-0.1, -0.05) is 13.3 Å². The zero-order valence-electron chi connectivity index (χ0n) is 12.5. The maximum absolute atomic E-state index is 12.9. The van der Waals surface area contributed by atoms with E-state index in [-0.39, 0.29) is 5.92 Å². The monoisotopic (exact) mass is 268 g/mol. The second kappa shape index (κ2) is 6.85. The zero-order valence-corrected chi connectivity index (χ0v) is 12.5. The smallest absolute Gasteiger partial charge is 0.167 e. The zero-order chi connectivity index (χ0) is 13.7. The van der Waals surface area contributed by atoms with E-state index in [1.807, 2.05) is 6.92 Å². The molecule has 1 aliphatic carbocycles. The van der Waals surface area contributed by atoms with Crippen LogP contribution in [-0.4, -0.2) is 31.2 Å². The molecule has 1 saturated heterocycles. The van der Waals surface area contributed by atoms with Crippen LogP contribution in [0.2, 0.25) is 0 Å². The number of carbonyl (C=O) groups excluding carboxylic acids is 1. The van der Waals surface area contributed by atoms with Crippen molar-refractivity contribution in [1.29, 1.82) is 0 Å². The Labute approximate surface area is 117 Å². The van der Waals surface area contributed by atoms with Crippen molar-refractivity contribution in [1.82, 2.24) is 0 Å². The van der Waals surface area contributed by atoms with Crippen molar-refractivity contribution in [2.45, 2.75) is 64.4 Å². The number of rotatable bonds is 5. The first-order valence-corrected chi connectivity index (χ1v) is 7.98. The molecule has 0 amide bonds. The topological polar surface area (TPSA) is 35.5 Å². The largest absolute Gasteiger partial charge is 0.381 e. The lowest BCUT2D eigenvalue weighted by Gasteiger charge is -2.39. The van der Waals surface area contributed by atoms with Gasteiger partial charge in [0.2, 0.25) is 0 Å². The van der Waals surface area contributed by atoms with Gasteiger partial charge < -0.3 is 9.47 Å². The molecule has 0 atom stereocenters. The minimum Gasteiger partial charge on any atom is -0.381 e. The van der Waals surface area contributed by atoms with E-state index in [1.54, 1.807) is 0 Å². The molecule has 0 spiro atoms. The van der Waals surface area contributed by atoms with Crippen LogP contribution in [0.25, 0.3) is 0 Å². The highest BCUT2D eigenvalue weighted by Gasteiger charge is 2.44. The summed E-state index contributed by atoms with van der Waals surface area (Å²) in [7, 11) is 0. The summed E-state index contributed by atoms with van der Waals surface area (Å²) < 4.78 is 11.3. The number of Topliss-reactive ketones (excluding diaryl/α,β-unsaturated/α-hetero) is 1. The van der Waals surface area contributed by atoms with E-state index in [0.29, 0.717) is 25.6 Å². The fraction of sp³-hybridized carbons (Fsp3) is 0.938. The van der Waals surface area contributed by atoms with Crippen molar-refractivity contribution >= 4 is 5.78 Å². The third kappa shape index (κ3) is 3.38. The van der Waals surface area contributed by atoms with Crippen molar-refractivity contribution in [3.63, 3.8) is 0 Å². The fourth-order valence-corrected chi connectivity index (χ4v) is 3.64. The Kier molecular flexibility index (Phi) is 5.40. The molecular formula is C16H28O3. The molecule has 1 heterocycles. The third-order valence-corrected chi connectivity index (χ3v) is 4.97. The summed E-state index contributed by atoms with van der Waals surface area (Å²) in [4.78, 5) is 12.9. The number of hydrogen-bond acceptors (Lipinski definition) is 3. The van der Waals surface area contributed by atoms with Gasteiger partial charge in [0.1, 0.15) is 5.60 Å². The summed E-state index contributed by atoms with van der Waals surface area (Å²) in [5.74, 6) is 1.43. The molecule has 1 saturated carbocycles. The van der Waals surface area contributed by atoms with Gasteiger partial charge in [0.25, 0.3) is 0 Å². The molecule has 0 aromatic rings. The molecule has 0 aromatic carbocycles. The van der Waals surface area contributed by atoms with Crippen LogP contribution in [0.15, 0.2) is 0 Å². The number of ether oxygens (including phenoxy) is 2. The highest BCUT2D eigenvalue weighted by Crippen LogP contribution is 2.37. The van der Waals surface area contributed by atoms with E-state index in [4.69, 9.17) is 9.47 Å². The number of carbonyl (C=O) groups is 1. The maximum Gasteiger partial charge on any atom is 0.167 e. The lowest BCUT2D eigenvalue weighted by molar-refractivity contribution is -0.162. The molecule has 2 rings (SSSR count). The van der Waals surface area contributed by atoms with Crippen LogP contribution < -0.4 is 0 Å². The third-order valence-electron chi connectivity index (χ3n) is 4.97. The predicted molar refractivity (Wildman–Crippen MR) is 75.2 cm³/mol. The Morgan fingerprint density at radius 1 is 1.16 bits per heavy atom. The molecule has 1 aliphatic heterocycles. The second-order valence-corrected chi connectivity index (χ2v) is 6.03. The highest BCUT2D eigenvalue weighted by atomic mass is 16.5. The van der Waals surface area contributed by atoms with Crippen molar-refractivity contribution in [3.05, 3.63) is 0 Å². The molecule has 3 nitrogen and oxygen atoms in total. The highest BCUT2D eigenvalue weighted by molar-refractivity contribution is 5.89. The first-order chi connectivity index (χ1) is 9.22. The molecule has 0 radical (unpaired) electrons. The van der Waals surface area contributed by atoms with Crippen molar-refractivity contribution < 1.29 is 14.3 Å². The lowest BCUT2D eigenvalue weighted by Crippen LogP contribution is -2.49. The molecule has 19 heavy (non-hydrogen) atoms. The van der Waals surface area contributed by atoms with Crippen LogP contribution in [0.4, 0.5) is 0 Å². The van der Waals surface area contributed by atoms with Crippen molar-refractivity contribution in [2.75, 3.05) is 19.8 Å². The van der Waals surface area contributed by atoms with Gasteiger partial charge in [-0.05, 0) is 38.5 Å². The Balaban J connectivity index is 1.99. The van der Waals surface area contributed by atoms with Gasteiger partial charge in [-0.3, -0.25) is 4.79 Å². The standard InChI is InChI=1S/C16H28O3/c1-3-13-5-7-14(8-6-13)15(17)16(19-4-2)9-11-18-12-10-16/h13-14H,3-12H2,1-2H3. The van der Waals surface area contributed by atoms with Gasteiger partial charge in [0.05, 0.1) is 0 Å². The SMILES string of the molecule is CCOC1(C(=O)C2CCC(CC)CC2)CCOCC1. The predicted octanol–water partition coefficient (Wildman–Crippen LogP) is 3.36. The van der Waals surface area contributed by atoms with E-state index < -0.39 is 5.60 Å². The van der Waals surface area contributed by atoms with Gasteiger partial charge in [0, 0.05) is 38.6 Å². The van der Waals surface area contributed by atoms with E-state index in [0.717, 1.165) is 31.6 Å². The first-order valence-electron chi connectivity index (χ1n) is 7.98. The van der Waals surface area contributed by atoms with Crippen LogP contribution in [0.5, 0.6) is 0 Å². The second-order valence-electron chi connectivity index (χ2n) is 6.03. The van der Waals surface area contributed by atoms with Gasteiger partial charge in [-0.2, -0.15) is 0 Å². The minimum absolute atomic E-state index is 0.229. The molecule has 0 N–H and O–H groups in total. The van der Waals surface area contributed by atoms with Crippen molar-refractivity contribution in [3.8, 4) is 0 Å². The molecular weight excluding hydrogens is 240 g/mol. The van der Waals surface area contributed by atoms with Gasteiger partial charge >= 0.3 is 0 Å². The molecule has 0 aromatic heterocycles. The van der Waals surface area contributed by atoms with Crippen LogP contribution in [-0.2, 0) is 14.3 Å². The Bertz CT molecular complexity index is 281. The van der Waals surface area contributed by atoms with Crippen LogP contribution in [0.1, 0.15) is 58.8 Å². The molecule has 0 unspecified atom stereocenters. The van der Waals surface area contributed by atoms with Gasteiger partial charge in [0.15, 0.2) is 5.78 Å². The Morgan fingerprint density at radius 2 is 1.79 bits per heavy atom. The maximum atomic E-state index is 12.9. The average Bonchev–Trinajstić information content (AvgIpc) is 2.48. The molecule has 2 fully saturated rings. The summed E-state index contributed by atoms with van der Waals surface area (Å²) >= 11 is 0.